The summed E-state index contributed by atoms with van der Waals surface area (Å²) in [7, 11) is 0. The number of nitrogens with zero attached hydrogens (tertiary/aromatic N) is 4. The van der Waals surface area contributed by atoms with Crippen molar-refractivity contribution >= 4 is 34.2 Å². The first-order valence-electron chi connectivity index (χ1n) is 10.9. The Morgan fingerprint density at radius 2 is 1.94 bits per heavy atom. The number of carbonyl (C=O) groups excluding carboxylic acids is 2. The van der Waals surface area contributed by atoms with Crippen LogP contribution in [0.3, 0.4) is 0 Å². The number of anilines is 1. The van der Waals surface area contributed by atoms with Crippen molar-refractivity contribution in [3.8, 4) is 0 Å². The van der Waals surface area contributed by atoms with Crippen molar-refractivity contribution in [2.75, 3.05) is 5.32 Å². The molecule has 3 aromatic rings. The SMILES string of the molecule is CC(C)(O)Cn1cc(C(=O)Nc2ccc(C3=C4C=CC=CC4C(=O)N=N3)cc2)c2cccnc21. The van der Waals surface area contributed by atoms with E-state index in [1.807, 2.05) is 42.5 Å². The van der Waals surface area contributed by atoms with Gasteiger partial charge in [0.2, 0.25) is 0 Å². The first kappa shape index (κ1) is 21.7. The summed E-state index contributed by atoms with van der Waals surface area (Å²) in [6.07, 6.45) is 10.8. The molecule has 1 aromatic carbocycles. The third-order valence-corrected chi connectivity index (χ3v) is 5.67. The summed E-state index contributed by atoms with van der Waals surface area (Å²) in [5, 5.41) is 21.8. The van der Waals surface area contributed by atoms with Crippen molar-refractivity contribution in [1.29, 1.82) is 0 Å². The van der Waals surface area contributed by atoms with E-state index in [1.165, 1.54) is 0 Å². The standard InChI is InChI=1S/C26H23N5O3/c1-26(2,34)15-31-14-21(19-8-5-13-27-23(19)31)24(32)28-17-11-9-16(10-12-17)22-18-6-3-4-7-20(18)25(33)30-29-22/h3-14,20,34H,15H2,1-2H3,(H,28,32). The largest absolute Gasteiger partial charge is 0.389 e. The van der Waals surface area contributed by atoms with E-state index >= 15 is 0 Å². The van der Waals surface area contributed by atoms with E-state index in [0.717, 1.165) is 11.1 Å². The summed E-state index contributed by atoms with van der Waals surface area (Å²) in [6.45, 7) is 3.73. The van der Waals surface area contributed by atoms with Crippen molar-refractivity contribution in [2.45, 2.75) is 26.0 Å². The van der Waals surface area contributed by atoms with Gasteiger partial charge < -0.3 is 15.0 Å². The molecule has 2 amide bonds. The average Bonchev–Trinajstić information content (AvgIpc) is 3.17. The quantitative estimate of drug-likeness (QED) is 0.593. The lowest BCUT2D eigenvalue weighted by Crippen LogP contribution is -2.25. The fourth-order valence-corrected chi connectivity index (χ4v) is 4.18. The van der Waals surface area contributed by atoms with E-state index in [2.05, 4.69) is 20.5 Å². The molecular weight excluding hydrogens is 430 g/mol. The first-order valence-corrected chi connectivity index (χ1v) is 10.9. The Morgan fingerprint density at radius 3 is 2.71 bits per heavy atom. The Balaban J connectivity index is 1.40. The summed E-state index contributed by atoms with van der Waals surface area (Å²) in [5.74, 6) is -0.959. The molecule has 3 heterocycles. The van der Waals surface area contributed by atoms with Crippen LogP contribution in [0.25, 0.3) is 16.7 Å². The van der Waals surface area contributed by atoms with E-state index in [1.54, 1.807) is 49.0 Å². The van der Waals surface area contributed by atoms with E-state index in [-0.39, 0.29) is 11.8 Å². The second kappa shape index (κ2) is 8.31. The van der Waals surface area contributed by atoms with Gasteiger partial charge in [-0.3, -0.25) is 9.59 Å². The van der Waals surface area contributed by atoms with Crippen LogP contribution in [0.15, 0.2) is 88.9 Å². The van der Waals surface area contributed by atoms with Crippen LogP contribution in [0.2, 0.25) is 0 Å². The van der Waals surface area contributed by atoms with Crippen LogP contribution in [-0.4, -0.2) is 32.1 Å². The summed E-state index contributed by atoms with van der Waals surface area (Å²) >= 11 is 0. The minimum atomic E-state index is -0.952. The van der Waals surface area contributed by atoms with E-state index in [0.29, 0.717) is 34.5 Å². The topological polar surface area (TPSA) is 109 Å². The Kier molecular flexibility index (Phi) is 5.30. The zero-order valence-corrected chi connectivity index (χ0v) is 18.8. The molecule has 0 bridgehead atoms. The van der Waals surface area contributed by atoms with Crippen molar-refractivity contribution in [3.05, 3.63) is 89.8 Å². The van der Waals surface area contributed by atoms with Crippen LogP contribution in [0, 0.1) is 5.92 Å². The number of aliphatic hydroxyl groups is 1. The Labute approximate surface area is 196 Å². The molecule has 8 nitrogen and oxygen atoms in total. The highest BCUT2D eigenvalue weighted by molar-refractivity contribution is 6.12. The molecule has 170 valence electrons. The predicted octanol–water partition coefficient (Wildman–Crippen LogP) is 4.51. The van der Waals surface area contributed by atoms with Crippen LogP contribution >= 0.6 is 0 Å². The van der Waals surface area contributed by atoms with Crippen molar-refractivity contribution < 1.29 is 14.7 Å². The highest BCUT2D eigenvalue weighted by Crippen LogP contribution is 2.34. The predicted molar refractivity (Wildman–Crippen MR) is 129 cm³/mol. The maximum absolute atomic E-state index is 13.1. The lowest BCUT2D eigenvalue weighted by atomic mass is 9.89. The van der Waals surface area contributed by atoms with Crippen LogP contribution < -0.4 is 5.32 Å². The van der Waals surface area contributed by atoms with E-state index in [4.69, 9.17) is 0 Å². The van der Waals surface area contributed by atoms with Crippen molar-refractivity contribution in [1.82, 2.24) is 9.55 Å². The van der Waals surface area contributed by atoms with Gasteiger partial charge in [0.05, 0.1) is 29.3 Å². The van der Waals surface area contributed by atoms with Gasteiger partial charge in [-0.05, 0) is 43.7 Å². The number of carbonyl (C=O) groups is 2. The summed E-state index contributed by atoms with van der Waals surface area (Å²) in [4.78, 5) is 29.5. The van der Waals surface area contributed by atoms with Gasteiger partial charge in [0.1, 0.15) is 5.65 Å². The zero-order chi connectivity index (χ0) is 23.9. The fourth-order valence-electron chi connectivity index (χ4n) is 4.18. The molecule has 1 atom stereocenters. The Bertz CT molecular complexity index is 1420. The molecule has 1 unspecified atom stereocenters. The van der Waals surface area contributed by atoms with Crippen LogP contribution in [0.4, 0.5) is 5.69 Å². The number of pyridine rings is 1. The molecule has 1 aliphatic carbocycles. The average molecular weight is 454 g/mol. The van der Waals surface area contributed by atoms with E-state index in [9.17, 15) is 14.7 Å². The zero-order valence-electron chi connectivity index (χ0n) is 18.8. The summed E-state index contributed by atoms with van der Waals surface area (Å²) in [5.41, 5.74) is 3.04. The minimum Gasteiger partial charge on any atom is -0.389 e. The number of hydrogen-bond donors (Lipinski definition) is 2. The highest BCUT2D eigenvalue weighted by atomic mass is 16.3. The molecule has 0 radical (unpaired) electrons. The molecule has 0 spiro atoms. The lowest BCUT2D eigenvalue weighted by molar-refractivity contribution is -0.119. The molecule has 1 aliphatic heterocycles. The van der Waals surface area contributed by atoms with Gasteiger partial charge in [-0.15, -0.1) is 10.2 Å². The number of benzene rings is 1. The number of aromatic nitrogens is 2. The van der Waals surface area contributed by atoms with Gasteiger partial charge >= 0.3 is 0 Å². The monoisotopic (exact) mass is 453 g/mol. The first-order chi connectivity index (χ1) is 16.3. The Hall–Kier alpha value is -4.17. The molecule has 0 saturated carbocycles. The van der Waals surface area contributed by atoms with Crippen LogP contribution in [-0.2, 0) is 11.3 Å². The third kappa shape index (κ3) is 4.11. The molecule has 2 aliphatic rings. The smallest absolute Gasteiger partial charge is 0.276 e. The van der Waals surface area contributed by atoms with E-state index < -0.39 is 11.5 Å². The molecular formula is C26H23N5O3. The number of nitrogens with one attached hydrogen (secondary N) is 1. The van der Waals surface area contributed by atoms with Gasteiger partial charge in [-0.2, -0.15) is 0 Å². The molecule has 0 saturated heterocycles. The second-order valence-electron chi connectivity index (χ2n) is 8.95. The number of rotatable bonds is 5. The molecule has 2 N–H and O–H groups in total. The second-order valence-corrected chi connectivity index (χ2v) is 8.95. The maximum Gasteiger partial charge on any atom is 0.276 e. The summed E-state index contributed by atoms with van der Waals surface area (Å²) < 4.78 is 1.79. The number of amides is 2. The van der Waals surface area contributed by atoms with Gasteiger partial charge in [0, 0.05) is 29.0 Å². The molecule has 8 heteroatoms. The molecule has 5 rings (SSSR count). The van der Waals surface area contributed by atoms with Gasteiger partial charge in [-0.25, -0.2) is 4.98 Å². The van der Waals surface area contributed by atoms with Crippen molar-refractivity contribution in [2.24, 2.45) is 16.1 Å². The fraction of sp³-hybridized carbons (Fsp3) is 0.192. The van der Waals surface area contributed by atoms with Crippen LogP contribution in [0.5, 0.6) is 0 Å². The Morgan fingerprint density at radius 1 is 1.15 bits per heavy atom. The normalized spacial score (nSPS) is 17.4. The van der Waals surface area contributed by atoms with Crippen LogP contribution in [0.1, 0.15) is 29.8 Å². The number of azo groups is 1. The number of fused-ring (bicyclic) bond motifs is 2. The van der Waals surface area contributed by atoms with Gasteiger partial charge in [0.15, 0.2) is 0 Å². The maximum atomic E-state index is 13.1. The number of allylic oxidation sites excluding steroid dienone is 3. The molecule has 34 heavy (non-hydrogen) atoms. The molecule has 2 aromatic heterocycles. The minimum absolute atomic E-state index is 0.273. The summed E-state index contributed by atoms with van der Waals surface area (Å²) in [6, 6.07) is 10.9. The van der Waals surface area contributed by atoms with Gasteiger partial charge in [-0.1, -0.05) is 36.4 Å². The van der Waals surface area contributed by atoms with Gasteiger partial charge in [0.25, 0.3) is 11.8 Å². The highest BCUT2D eigenvalue weighted by Gasteiger charge is 2.27. The molecule has 0 fully saturated rings. The third-order valence-electron chi connectivity index (χ3n) is 5.67. The number of hydrogen-bond acceptors (Lipinski definition) is 5. The lowest BCUT2D eigenvalue weighted by Gasteiger charge is -2.19. The van der Waals surface area contributed by atoms with Crippen molar-refractivity contribution in [3.63, 3.8) is 0 Å².